The van der Waals surface area contributed by atoms with Crippen molar-refractivity contribution in [1.29, 1.82) is 0 Å². The van der Waals surface area contributed by atoms with E-state index in [1.165, 1.54) is 0 Å². The van der Waals surface area contributed by atoms with Gasteiger partial charge in [0.1, 0.15) is 5.56 Å². The minimum Gasteiger partial charge on any atom is -0.338 e. The number of likely N-dealkylation sites (tertiary alicyclic amines) is 1. The summed E-state index contributed by atoms with van der Waals surface area (Å²) in [6, 6.07) is 1.79. The van der Waals surface area contributed by atoms with Gasteiger partial charge in [0.15, 0.2) is 5.65 Å². The van der Waals surface area contributed by atoms with Crippen molar-refractivity contribution in [3.63, 3.8) is 0 Å². The largest absolute Gasteiger partial charge is 0.338 e. The van der Waals surface area contributed by atoms with Crippen molar-refractivity contribution in [1.82, 2.24) is 29.5 Å². The van der Waals surface area contributed by atoms with E-state index in [2.05, 4.69) is 20.1 Å². The van der Waals surface area contributed by atoms with Crippen molar-refractivity contribution in [2.75, 3.05) is 13.1 Å². The number of piperidine rings is 1. The van der Waals surface area contributed by atoms with Crippen molar-refractivity contribution >= 4 is 11.6 Å². The van der Waals surface area contributed by atoms with E-state index in [0.717, 1.165) is 30.8 Å². The number of carbonyl (C=O) groups is 1. The van der Waals surface area contributed by atoms with Gasteiger partial charge in [-0.2, -0.15) is 5.10 Å². The van der Waals surface area contributed by atoms with Crippen molar-refractivity contribution in [2.45, 2.75) is 25.7 Å². The molecule has 1 aliphatic rings. The van der Waals surface area contributed by atoms with Gasteiger partial charge < -0.3 is 4.90 Å². The van der Waals surface area contributed by atoms with E-state index in [9.17, 15) is 4.79 Å². The zero-order valence-electron chi connectivity index (χ0n) is 13.5. The average Bonchev–Trinajstić information content (AvgIpc) is 3.05. The second kappa shape index (κ2) is 5.99. The molecule has 3 aromatic rings. The number of hydrogen-bond donors (Lipinski definition) is 0. The van der Waals surface area contributed by atoms with Crippen LogP contribution in [0.25, 0.3) is 5.65 Å². The normalized spacial score (nSPS) is 18.0. The summed E-state index contributed by atoms with van der Waals surface area (Å²) in [7, 11) is 0. The van der Waals surface area contributed by atoms with Crippen LogP contribution in [0.1, 0.15) is 40.5 Å². The highest BCUT2D eigenvalue weighted by Crippen LogP contribution is 2.26. The van der Waals surface area contributed by atoms with Gasteiger partial charge in [-0.05, 0) is 25.8 Å². The van der Waals surface area contributed by atoms with Crippen LogP contribution in [0.2, 0.25) is 0 Å². The molecule has 4 rings (SSSR count). The molecular weight excluding hydrogens is 304 g/mol. The highest BCUT2D eigenvalue weighted by atomic mass is 16.2. The highest BCUT2D eigenvalue weighted by molar-refractivity contribution is 5.99. The van der Waals surface area contributed by atoms with Crippen molar-refractivity contribution < 1.29 is 4.79 Å². The number of aromatic nitrogens is 5. The summed E-state index contributed by atoms with van der Waals surface area (Å²) in [6.45, 7) is 3.34. The van der Waals surface area contributed by atoms with Gasteiger partial charge >= 0.3 is 0 Å². The first kappa shape index (κ1) is 14.7. The van der Waals surface area contributed by atoms with Crippen LogP contribution >= 0.6 is 0 Å². The van der Waals surface area contributed by atoms with Gasteiger partial charge in [-0.15, -0.1) is 0 Å². The molecule has 0 spiro atoms. The molecule has 7 heteroatoms. The topological polar surface area (TPSA) is 76.3 Å². The van der Waals surface area contributed by atoms with Crippen LogP contribution in [-0.2, 0) is 0 Å². The van der Waals surface area contributed by atoms with Crippen molar-refractivity contribution in [3.05, 3.63) is 54.0 Å². The zero-order valence-corrected chi connectivity index (χ0v) is 13.5. The van der Waals surface area contributed by atoms with Gasteiger partial charge in [-0.1, -0.05) is 0 Å². The molecule has 0 radical (unpaired) electrons. The molecule has 3 aromatic heterocycles. The first-order chi connectivity index (χ1) is 11.7. The predicted molar refractivity (Wildman–Crippen MR) is 87.6 cm³/mol. The number of nitrogens with zero attached hydrogens (tertiary/aromatic N) is 6. The first-order valence-corrected chi connectivity index (χ1v) is 8.08. The Balaban J connectivity index is 1.58. The number of fused-ring (bicyclic) bond motifs is 1. The Morgan fingerprint density at radius 2 is 2.21 bits per heavy atom. The molecule has 0 aliphatic carbocycles. The fourth-order valence-corrected chi connectivity index (χ4v) is 3.23. The summed E-state index contributed by atoms with van der Waals surface area (Å²) in [4.78, 5) is 27.9. The Bertz CT molecular complexity index is 889. The third-order valence-electron chi connectivity index (χ3n) is 4.41. The Kier molecular flexibility index (Phi) is 3.68. The van der Waals surface area contributed by atoms with Gasteiger partial charge in [0.25, 0.3) is 5.91 Å². The van der Waals surface area contributed by atoms with Gasteiger partial charge in [0.2, 0.25) is 0 Å². The molecular formula is C17H18N6O. The molecule has 0 saturated carbocycles. The van der Waals surface area contributed by atoms with Crippen LogP contribution in [0.5, 0.6) is 0 Å². The smallest absolute Gasteiger partial charge is 0.259 e. The zero-order chi connectivity index (χ0) is 16.5. The minimum absolute atomic E-state index is 0.0194. The SMILES string of the molecule is Cc1cncc(C2CCCN(C(=O)c3cnn4cccnc34)C2)n1. The molecule has 0 N–H and O–H groups in total. The van der Waals surface area contributed by atoms with E-state index in [-0.39, 0.29) is 11.8 Å². The average molecular weight is 322 g/mol. The molecule has 1 saturated heterocycles. The van der Waals surface area contributed by atoms with E-state index < -0.39 is 0 Å². The molecule has 1 fully saturated rings. The Labute approximate surface area is 139 Å². The second-order valence-corrected chi connectivity index (χ2v) is 6.12. The van der Waals surface area contributed by atoms with E-state index in [4.69, 9.17) is 0 Å². The van der Waals surface area contributed by atoms with Gasteiger partial charge in [-0.3, -0.25) is 14.8 Å². The fourth-order valence-electron chi connectivity index (χ4n) is 3.23. The molecule has 24 heavy (non-hydrogen) atoms. The summed E-state index contributed by atoms with van der Waals surface area (Å²) in [6.07, 6.45) is 10.6. The monoisotopic (exact) mass is 322 g/mol. The van der Waals surface area contributed by atoms with Gasteiger partial charge in [0.05, 0.1) is 17.6 Å². The number of carbonyl (C=O) groups excluding carboxylic acids is 1. The lowest BCUT2D eigenvalue weighted by atomic mass is 9.94. The minimum atomic E-state index is -0.0194. The van der Waals surface area contributed by atoms with Crippen LogP contribution < -0.4 is 0 Å². The molecule has 1 aliphatic heterocycles. The summed E-state index contributed by atoms with van der Waals surface area (Å²) in [5.74, 6) is 0.207. The number of rotatable bonds is 2. The summed E-state index contributed by atoms with van der Waals surface area (Å²) >= 11 is 0. The van der Waals surface area contributed by atoms with Crippen molar-refractivity contribution in [3.8, 4) is 0 Å². The third-order valence-corrected chi connectivity index (χ3v) is 4.41. The molecule has 1 unspecified atom stereocenters. The first-order valence-electron chi connectivity index (χ1n) is 8.08. The molecule has 7 nitrogen and oxygen atoms in total. The van der Waals surface area contributed by atoms with Crippen molar-refractivity contribution in [2.24, 2.45) is 0 Å². The Morgan fingerprint density at radius 3 is 3.08 bits per heavy atom. The maximum atomic E-state index is 12.9. The number of amides is 1. The van der Waals surface area contributed by atoms with Gasteiger partial charge in [0, 0.05) is 43.8 Å². The summed E-state index contributed by atoms with van der Waals surface area (Å²) in [5, 5.41) is 4.21. The number of hydrogen-bond acceptors (Lipinski definition) is 5. The summed E-state index contributed by atoms with van der Waals surface area (Å²) in [5.41, 5.74) is 3.01. The molecule has 0 bridgehead atoms. The standard InChI is InChI=1S/C17H18N6O/c1-12-8-18-10-15(21-12)13-4-2-6-22(11-13)17(24)14-9-20-23-7-3-5-19-16(14)23/h3,5,7-10,13H,2,4,6,11H2,1H3. The second-order valence-electron chi connectivity index (χ2n) is 6.12. The molecule has 4 heterocycles. The van der Waals surface area contributed by atoms with E-state index in [1.807, 2.05) is 18.0 Å². The fraction of sp³-hybridized carbons (Fsp3) is 0.353. The predicted octanol–water partition coefficient (Wildman–Crippen LogP) is 1.85. The number of aryl methyl sites for hydroxylation is 1. The lowest BCUT2D eigenvalue weighted by Gasteiger charge is -2.32. The molecule has 122 valence electrons. The maximum absolute atomic E-state index is 12.9. The van der Waals surface area contributed by atoms with Crippen LogP contribution in [0.4, 0.5) is 0 Å². The Hall–Kier alpha value is -2.83. The van der Waals surface area contributed by atoms with E-state index in [1.54, 1.807) is 35.4 Å². The maximum Gasteiger partial charge on any atom is 0.259 e. The summed E-state index contributed by atoms with van der Waals surface area (Å²) < 4.78 is 1.63. The third kappa shape index (κ3) is 2.62. The molecule has 1 amide bonds. The van der Waals surface area contributed by atoms with Crippen LogP contribution in [0.3, 0.4) is 0 Å². The van der Waals surface area contributed by atoms with Gasteiger partial charge in [-0.25, -0.2) is 9.50 Å². The van der Waals surface area contributed by atoms with E-state index >= 15 is 0 Å². The molecule has 0 aromatic carbocycles. The lowest BCUT2D eigenvalue weighted by Crippen LogP contribution is -2.39. The Morgan fingerprint density at radius 1 is 1.29 bits per heavy atom. The van der Waals surface area contributed by atoms with E-state index in [0.29, 0.717) is 17.8 Å². The van der Waals surface area contributed by atoms with Crippen LogP contribution in [0.15, 0.2) is 37.1 Å². The van der Waals surface area contributed by atoms with Crippen LogP contribution in [0, 0.1) is 6.92 Å². The highest BCUT2D eigenvalue weighted by Gasteiger charge is 2.28. The molecule has 1 atom stereocenters. The van der Waals surface area contributed by atoms with Crippen LogP contribution in [-0.4, -0.2) is 48.5 Å². The lowest BCUT2D eigenvalue weighted by molar-refractivity contribution is 0.0707. The quantitative estimate of drug-likeness (QED) is 0.719.